The largest absolute Gasteiger partial charge is 0.352 e. The van der Waals surface area contributed by atoms with Gasteiger partial charge in [0.2, 0.25) is 0 Å². The van der Waals surface area contributed by atoms with E-state index in [2.05, 4.69) is 59.6 Å². The Bertz CT molecular complexity index is 1070. The molecule has 0 aliphatic rings. The molecule has 0 saturated carbocycles. The molecular formula is C20H23IN8. The van der Waals surface area contributed by atoms with Gasteiger partial charge in [-0.1, -0.05) is 30.3 Å². The molecule has 0 unspecified atom stereocenters. The van der Waals surface area contributed by atoms with Gasteiger partial charge in [0, 0.05) is 38.7 Å². The number of nitrogens with one attached hydrogen (secondary N) is 2. The number of fused-ring (bicyclic) bond motifs is 1. The number of imidazole rings is 1. The van der Waals surface area contributed by atoms with E-state index in [1.807, 2.05) is 41.3 Å². The van der Waals surface area contributed by atoms with Gasteiger partial charge in [-0.2, -0.15) is 0 Å². The van der Waals surface area contributed by atoms with Gasteiger partial charge in [-0.25, -0.2) is 4.98 Å². The second-order valence-corrected chi connectivity index (χ2v) is 6.38. The summed E-state index contributed by atoms with van der Waals surface area (Å²) >= 11 is 0. The van der Waals surface area contributed by atoms with Gasteiger partial charge in [-0.05, 0) is 23.3 Å². The van der Waals surface area contributed by atoms with E-state index in [1.165, 1.54) is 11.1 Å². The van der Waals surface area contributed by atoms with Gasteiger partial charge >= 0.3 is 0 Å². The van der Waals surface area contributed by atoms with Crippen LogP contribution in [0.4, 0.5) is 0 Å². The van der Waals surface area contributed by atoms with Crippen molar-refractivity contribution in [2.24, 2.45) is 4.99 Å². The summed E-state index contributed by atoms with van der Waals surface area (Å²) < 4.78 is 4.01. The molecule has 0 saturated heterocycles. The fourth-order valence-electron chi connectivity index (χ4n) is 3.01. The minimum Gasteiger partial charge on any atom is -0.352 e. The normalized spacial score (nSPS) is 11.3. The van der Waals surface area contributed by atoms with Crippen molar-refractivity contribution in [2.75, 3.05) is 7.05 Å². The first-order valence-electron chi connectivity index (χ1n) is 9.08. The highest BCUT2D eigenvalue weighted by Crippen LogP contribution is 2.07. The highest BCUT2D eigenvalue weighted by Gasteiger charge is 2.06. The lowest BCUT2D eigenvalue weighted by molar-refractivity contribution is 0.760. The molecule has 2 N–H and O–H groups in total. The number of pyridine rings is 1. The van der Waals surface area contributed by atoms with Crippen molar-refractivity contribution in [1.82, 2.24) is 34.8 Å². The van der Waals surface area contributed by atoms with Crippen molar-refractivity contribution in [1.29, 1.82) is 0 Å². The van der Waals surface area contributed by atoms with Gasteiger partial charge in [-0.3, -0.25) is 9.39 Å². The van der Waals surface area contributed by atoms with E-state index in [0.717, 1.165) is 18.0 Å². The standard InChI is InChI=1S/C20H22N8.HI/c1-21-20(24-13-19-26-25-18-7-2-3-9-28(18)19)23-12-16-5-4-6-17(11-16)14-27-10-8-22-15-27;/h2-11,15H,12-14H2,1H3,(H2,21,23,24);1H. The summed E-state index contributed by atoms with van der Waals surface area (Å²) in [5.74, 6) is 1.55. The van der Waals surface area contributed by atoms with Gasteiger partial charge in [0.25, 0.3) is 0 Å². The number of rotatable bonds is 6. The zero-order valence-electron chi connectivity index (χ0n) is 16.1. The smallest absolute Gasteiger partial charge is 0.191 e. The van der Waals surface area contributed by atoms with Crippen molar-refractivity contribution in [3.8, 4) is 0 Å². The van der Waals surface area contributed by atoms with Gasteiger partial charge in [0.1, 0.15) is 0 Å². The molecule has 0 aliphatic carbocycles. The Morgan fingerprint density at radius 3 is 2.69 bits per heavy atom. The Kier molecular flexibility index (Phi) is 7.17. The first-order chi connectivity index (χ1) is 13.8. The van der Waals surface area contributed by atoms with Crippen molar-refractivity contribution in [2.45, 2.75) is 19.6 Å². The first-order valence-corrected chi connectivity index (χ1v) is 9.08. The third-order valence-corrected chi connectivity index (χ3v) is 4.40. The van der Waals surface area contributed by atoms with E-state index in [9.17, 15) is 0 Å². The lowest BCUT2D eigenvalue weighted by atomic mass is 10.1. The Hall–Kier alpha value is -2.95. The van der Waals surface area contributed by atoms with E-state index in [0.29, 0.717) is 19.0 Å². The van der Waals surface area contributed by atoms with Crippen LogP contribution in [0, 0.1) is 0 Å². The molecule has 1 aromatic carbocycles. The van der Waals surface area contributed by atoms with Crippen molar-refractivity contribution in [3.63, 3.8) is 0 Å². The topological polar surface area (TPSA) is 84.4 Å². The van der Waals surface area contributed by atoms with Crippen LogP contribution in [0.1, 0.15) is 17.0 Å². The minimum absolute atomic E-state index is 0. The molecule has 4 aromatic rings. The van der Waals surface area contributed by atoms with E-state index in [4.69, 9.17) is 0 Å². The fourth-order valence-corrected chi connectivity index (χ4v) is 3.01. The quantitative estimate of drug-likeness (QED) is 0.241. The van der Waals surface area contributed by atoms with Crippen LogP contribution < -0.4 is 10.6 Å². The highest BCUT2D eigenvalue weighted by atomic mass is 127. The number of nitrogens with zero attached hydrogens (tertiary/aromatic N) is 6. The van der Waals surface area contributed by atoms with Crippen molar-refractivity contribution < 1.29 is 0 Å². The average molecular weight is 502 g/mol. The monoisotopic (exact) mass is 502 g/mol. The number of hydrogen-bond acceptors (Lipinski definition) is 4. The molecule has 0 atom stereocenters. The van der Waals surface area contributed by atoms with E-state index in [-0.39, 0.29) is 24.0 Å². The van der Waals surface area contributed by atoms with Gasteiger partial charge in [0.15, 0.2) is 17.4 Å². The van der Waals surface area contributed by atoms with Crippen molar-refractivity contribution in [3.05, 3.63) is 84.3 Å². The molecule has 9 heteroatoms. The Morgan fingerprint density at radius 2 is 1.86 bits per heavy atom. The number of aromatic nitrogens is 5. The number of hydrogen-bond donors (Lipinski definition) is 2. The number of aliphatic imine (C=N–C) groups is 1. The fraction of sp³-hybridized carbons (Fsp3) is 0.200. The maximum Gasteiger partial charge on any atom is 0.191 e. The lowest BCUT2D eigenvalue weighted by Crippen LogP contribution is -2.36. The lowest BCUT2D eigenvalue weighted by Gasteiger charge is -2.12. The van der Waals surface area contributed by atoms with Gasteiger partial charge < -0.3 is 15.2 Å². The summed E-state index contributed by atoms with van der Waals surface area (Å²) in [7, 11) is 1.76. The molecule has 4 rings (SSSR count). The Morgan fingerprint density at radius 1 is 1.00 bits per heavy atom. The third kappa shape index (κ3) is 5.31. The van der Waals surface area contributed by atoms with Crippen LogP contribution in [0.5, 0.6) is 0 Å². The molecule has 0 bridgehead atoms. The summed E-state index contributed by atoms with van der Waals surface area (Å²) in [5, 5.41) is 15.0. The zero-order valence-corrected chi connectivity index (χ0v) is 18.4. The second-order valence-electron chi connectivity index (χ2n) is 6.38. The molecular weight excluding hydrogens is 479 g/mol. The second kappa shape index (κ2) is 10.0. The number of benzene rings is 1. The molecule has 0 fully saturated rings. The molecule has 3 aromatic heterocycles. The predicted octanol–water partition coefficient (Wildman–Crippen LogP) is 2.46. The van der Waals surface area contributed by atoms with Crippen LogP contribution in [0.15, 0.2) is 72.4 Å². The summed E-state index contributed by atoms with van der Waals surface area (Å²) in [5.41, 5.74) is 3.25. The molecule has 0 radical (unpaired) electrons. The summed E-state index contributed by atoms with van der Waals surface area (Å²) in [6, 6.07) is 14.3. The van der Waals surface area contributed by atoms with Crippen LogP contribution in [-0.4, -0.2) is 37.2 Å². The Labute approximate surface area is 186 Å². The summed E-state index contributed by atoms with van der Waals surface area (Å²) in [6.45, 7) is 2.02. The maximum atomic E-state index is 4.29. The van der Waals surface area contributed by atoms with E-state index in [1.54, 1.807) is 13.2 Å². The molecule has 150 valence electrons. The van der Waals surface area contributed by atoms with Crippen molar-refractivity contribution >= 4 is 35.6 Å². The highest BCUT2D eigenvalue weighted by molar-refractivity contribution is 14.0. The molecule has 0 aliphatic heterocycles. The maximum absolute atomic E-state index is 4.29. The summed E-state index contributed by atoms with van der Waals surface area (Å²) in [6.07, 6.45) is 7.53. The van der Waals surface area contributed by atoms with Crippen LogP contribution >= 0.6 is 24.0 Å². The first kappa shape index (κ1) is 20.8. The number of guanidine groups is 1. The van der Waals surface area contributed by atoms with Crippen LogP contribution in [0.2, 0.25) is 0 Å². The third-order valence-electron chi connectivity index (χ3n) is 4.40. The molecule has 8 nitrogen and oxygen atoms in total. The number of halogens is 1. The predicted molar refractivity (Wildman–Crippen MR) is 123 cm³/mol. The Balaban J connectivity index is 0.00000240. The summed E-state index contributed by atoms with van der Waals surface area (Å²) in [4.78, 5) is 8.38. The average Bonchev–Trinajstić information content (AvgIpc) is 3.38. The molecule has 3 heterocycles. The van der Waals surface area contributed by atoms with Crippen LogP contribution in [-0.2, 0) is 19.6 Å². The minimum atomic E-state index is 0. The molecule has 0 amide bonds. The molecule has 29 heavy (non-hydrogen) atoms. The van der Waals surface area contributed by atoms with Gasteiger partial charge in [0.05, 0.1) is 12.9 Å². The van der Waals surface area contributed by atoms with E-state index >= 15 is 0 Å². The van der Waals surface area contributed by atoms with Crippen LogP contribution in [0.25, 0.3) is 5.65 Å². The van der Waals surface area contributed by atoms with Crippen LogP contribution in [0.3, 0.4) is 0 Å². The molecule has 0 spiro atoms. The zero-order chi connectivity index (χ0) is 19.2. The van der Waals surface area contributed by atoms with Gasteiger partial charge in [-0.15, -0.1) is 34.2 Å². The SMILES string of the molecule is CN=C(NCc1cccc(Cn2ccnc2)c1)NCc1nnc2ccccn12.I. The van der Waals surface area contributed by atoms with E-state index < -0.39 is 0 Å².